The first-order valence-electron chi connectivity index (χ1n) is 5.07. The van der Waals surface area contributed by atoms with Gasteiger partial charge in [-0.2, -0.15) is 0 Å². The van der Waals surface area contributed by atoms with Crippen LogP contribution in [0.25, 0.3) is 0 Å². The Morgan fingerprint density at radius 2 is 1.72 bits per heavy atom. The zero-order valence-corrected chi connectivity index (χ0v) is 12.2. The summed E-state index contributed by atoms with van der Waals surface area (Å²) in [6.45, 7) is 0.303. The fraction of sp³-hybridized carbons (Fsp3) is 0.0769. The van der Waals surface area contributed by atoms with Crippen molar-refractivity contribution in [1.29, 1.82) is 0 Å². The van der Waals surface area contributed by atoms with Crippen LogP contribution in [0.3, 0.4) is 0 Å². The first-order chi connectivity index (χ1) is 8.54. The van der Waals surface area contributed by atoms with E-state index in [0.29, 0.717) is 26.9 Å². The van der Waals surface area contributed by atoms with Crippen molar-refractivity contribution in [2.75, 3.05) is 0 Å². The Morgan fingerprint density at radius 1 is 1.06 bits per heavy atom. The molecule has 0 unspecified atom stereocenters. The highest BCUT2D eigenvalue weighted by Gasteiger charge is 2.04. The van der Waals surface area contributed by atoms with Crippen molar-refractivity contribution in [1.82, 2.24) is 0 Å². The molecule has 0 aromatic heterocycles. The third-order valence-electron chi connectivity index (χ3n) is 2.25. The number of halogens is 4. The summed E-state index contributed by atoms with van der Waals surface area (Å²) in [6, 6.07) is 9.41. The van der Waals surface area contributed by atoms with Gasteiger partial charge in [-0.25, -0.2) is 4.39 Å². The topological polar surface area (TPSA) is 9.23 Å². The minimum atomic E-state index is -0.295. The molecule has 0 atom stereocenters. The van der Waals surface area contributed by atoms with Gasteiger partial charge in [-0.3, -0.25) is 0 Å². The zero-order chi connectivity index (χ0) is 13.1. The van der Waals surface area contributed by atoms with E-state index < -0.39 is 0 Å². The first-order valence-corrected chi connectivity index (χ1v) is 6.62. The second kappa shape index (κ2) is 5.91. The van der Waals surface area contributed by atoms with Crippen LogP contribution in [0.5, 0.6) is 5.75 Å². The maximum absolute atomic E-state index is 12.9. The SMILES string of the molecule is Fc1ccc(COc2cc(Cl)cc(Cl)c2)c(Br)c1. The molecular weight excluding hydrogens is 342 g/mol. The lowest BCUT2D eigenvalue weighted by Crippen LogP contribution is -1.97. The first kappa shape index (κ1) is 13.7. The molecule has 2 aromatic rings. The van der Waals surface area contributed by atoms with E-state index >= 15 is 0 Å². The number of ether oxygens (including phenoxy) is 1. The van der Waals surface area contributed by atoms with Crippen LogP contribution in [0.2, 0.25) is 10.0 Å². The standard InChI is InChI=1S/C13H8BrCl2FO/c14-13-6-11(17)2-1-8(13)7-18-12-4-9(15)3-10(16)5-12/h1-6H,7H2. The second-order valence-electron chi connectivity index (χ2n) is 3.63. The molecule has 0 bridgehead atoms. The van der Waals surface area contributed by atoms with E-state index in [1.807, 2.05) is 0 Å². The average molecular weight is 350 g/mol. The average Bonchev–Trinajstić information content (AvgIpc) is 2.26. The molecule has 18 heavy (non-hydrogen) atoms. The molecule has 0 radical (unpaired) electrons. The van der Waals surface area contributed by atoms with Crippen molar-refractivity contribution >= 4 is 39.1 Å². The number of rotatable bonds is 3. The Labute approximate surface area is 123 Å². The largest absolute Gasteiger partial charge is 0.489 e. The third kappa shape index (κ3) is 3.61. The summed E-state index contributed by atoms with van der Waals surface area (Å²) in [5.41, 5.74) is 0.840. The van der Waals surface area contributed by atoms with Gasteiger partial charge in [0.15, 0.2) is 0 Å². The monoisotopic (exact) mass is 348 g/mol. The van der Waals surface area contributed by atoms with Gasteiger partial charge in [-0.15, -0.1) is 0 Å². The van der Waals surface area contributed by atoms with Crippen LogP contribution in [-0.2, 0) is 6.61 Å². The molecule has 0 saturated carbocycles. The molecular formula is C13H8BrCl2FO. The van der Waals surface area contributed by atoms with E-state index in [1.165, 1.54) is 12.1 Å². The molecule has 2 rings (SSSR count). The molecule has 0 aliphatic carbocycles. The number of hydrogen-bond donors (Lipinski definition) is 0. The van der Waals surface area contributed by atoms with Crippen LogP contribution in [0.1, 0.15) is 5.56 Å². The Kier molecular flexibility index (Phi) is 4.49. The fourth-order valence-corrected chi connectivity index (χ4v) is 2.38. The molecule has 0 heterocycles. The van der Waals surface area contributed by atoms with Crippen molar-refractivity contribution in [3.63, 3.8) is 0 Å². The zero-order valence-electron chi connectivity index (χ0n) is 9.09. The van der Waals surface area contributed by atoms with E-state index in [2.05, 4.69) is 15.9 Å². The lowest BCUT2D eigenvalue weighted by atomic mass is 10.2. The van der Waals surface area contributed by atoms with Crippen molar-refractivity contribution in [3.05, 3.63) is 62.3 Å². The Hall–Kier alpha value is -0.770. The van der Waals surface area contributed by atoms with Gasteiger partial charge in [0.25, 0.3) is 0 Å². The highest BCUT2D eigenvalue weighted by atomic mass is 79.9. The number of hydrogen-bond acceptors (Lipinski definition) is 1. The van der Waals surface area contributed by atoms with Crippen molar-refractivity contribution in [2.45, 2.75) is 6.61 Å². The van der Waals surface area contributed by atoms with E-state index in [9.17, 15) is 4.39 Å². The van der Waals surface area contributed by atoms with Gasteiger partial charge in [0.05, 0.1) is 0 Å². The summed E-state index contributed by atoms with van der Waals surface area (Å²) in [4.78, 5) is 0. The summed E-state index contributed by atoms with van der Waals surface area (Å²) in [7, 11) is 0. The van der Waals surface area contributed by atoms with E-state index in [1.54, 1.807) is 24.3 Å². The molecule has 0 N–H and O–H groups in total. The molecule has 0 spiro atoms. The van der Waals surface area contributed by atoms with Gasteiger partial charge in [0.1, 0.15) is 18.2 Å². The van der Waals surface area contributed by atoms with Gasteiger partial charge < -0.3 is 4.74 Å². The molecule has 2 aromatic carbocycles. The molecule has 0 aliphatic rings. The van der Waals surface area contributed by atoms with Crippen LogP contribution in [0.4, 0.5) is 4.39 Å². The molecule has 0 saturated heterocycles. The minimum Gasteiger partial charge on any atom is -0.489 e. The maximum Gasteiger partial charge on any atom is 0.124 e. The lowest BCUT2D eigenvalue weighted by molar-refractivity contribution is 0.305. The Bertz CT molecular complexity index is 555. The quantitative estimate of drug-likeness (QED) is 0.713. The Morgan fingerprint density at radius 3 is 2.33 bits per heavy atom. The molecule has 1 nitrogen and oxygen atoms in total. The van der Waals surface area contributed by atoms with Gasteiger partial charge in [-0.1, -0.05) is 45.2 Å². The maximum atomic E-state index is 12.9. The van der Waals surface area contributed by atoms with Crippen LogP contribution in [0.15, 0.2) is 40.9 Å². The summed E-state index contributed by atoms with van der Waals surface area (Å²) < 4.78 is 19.1. The fourth-order valence-electron chi connectivity index (χ4n) is 1.41. The Balaban J connectivity index is 2.11. The van der Waals surface area contributed by atoms with Crippen LogP contribution >= 0.6 is 39.1 Å². The normalized spacial score (nSPS) is 10.4. The molecule has 94 valence electrons. The predicted octanol–water partition coefficient (Wildman–Crippen LogP) is 5.47. The predicted molar refractivity (Wildman–Crippen MR) is 74.9 cm³/mol. The number of benzene rings is 2. The lowest BCUT2D eigenvalue weighted by Gasteiger charge is -2.08. The molecule has 0 amide bonds. The second-order valence-corrected chi connectivity index (χ2v) is 5.36. The summed E-state index contributed by atoms with van der Waals surface area (Å²) in [5, 5.41) is 1.02. The van der Waals surface area contributed by atoms with Gasteiger partial charge in [0, 0.05) is 20.1 Å². The van der Waals surface area contributed by atoms with Gasteiger partial charge in [0.2, 0.25) is 0 Å². The molecule has 5 heteroatoms. The van der Waals surface area contributed by atoms with Crippen molar-refractivity contribution in [2.24, 2.45) is 0 Å². The summed E-state index contributed by atoms with van der Waals surface area (Å²) in [5.74, 6) is 0.278. The third-order valence-corrected chi connectivity index (χ3v) is 3.42. The van der Waals surface area contributed by atoms with Crippen molar-refractivity contribution in [3.8, 4) is 5.75 Å². The van der Waals surface area contributed by atoms with Crippen LogP contribution < -0.4 is 4.74 Å². The van der Waals surface area contributed by atoms with Crippen molar-refractivity contribution < 1.29 is 9.13 Å². The molecule has 0 fully saturated rings. The highest BCUT2D eigenvalue weighted by molar-refractivity contribution is 9.10. The van der Waals surface area contributed by atoms with E-state index in [0.717, 1.165) is 5.56 Å². The van der Waals surface area contributed by atoms with Gasteiger partial charge >= 0.3 is 0 Å². The van der Waals surface area contributed by atoms with Crippen LogP contribution in [-0.4, -0.2) is 0 Å². The van der Waals surface area contributed by atoms with E-state index in [-0.39, 0.29) is 5.82 Å². The van der Waals surface area contributed by atoms with Gasteiger partial charge in [-0.05, 0) is 30.3 Å². The summed E-state index contributed by atoms with van der Waals surface area (Å²) in [6.07, 6.45) is 0. The highest BCUT2D eigenvalue weighted by Crippen LogP contribution is 2.26. The van der Waals surface area contributed by atoms with Crippen LogP contribution in [0, 0.1) is 5.82 Å². The van der Waals surface area contributed by atoms with E-state index in [4.69, 9.17) is 27.9 Å². The smallest absolute Gasteiger partial charge is 0.124 e. The molecule has 0 aliphatic heterocycles. The summed E-state index contributed by atoms with van der Waals surface area (Å²) >= 11 is 15.0. The minimum absolute atomic E-state index is 0.295.